The summed E-state index contributed by atoms with van der Waals surface area (Å²) >= 11 is 0. The van der Waals surface area contributed by atoms with Crippen LogP contribution in [0.5, 0.6) is 0 Å². The Morgan fingerprint density at radius 1 is 1.42 bits per heavy atom. The van der Waals surface area contributed by atoms with E-state index >= 15 is 0 Å². The third-order valence-electron chi connectivity index (χ3n) is 4.46. The fourth-order valence-corrected chi connectivity index (χ4v) is 2.68. The van der Waals surface area contributed by atoms with Crippen LogP contribution in [0.1, 0.15) is 46.7 Å². The number of hydrogen-bond acceptors (Lipinski definition) is 7. The second-order valence-electron chi connectivity index (χ2n) is 6.49. The Morgan fingerprint density at radius 3 is 2.96 bits per heavy atom. The number of rotatable bonds is 7. The Balaban J connectivity index is 1.24. The summed E-state index contributed by atoms with van der Waals surface area (Å²) in [5.41, 5.74) is 0.606. The first-order valence-electron chi connectivity index (χ1n) is 8.30. The van der Waals surface area contributed by atoms with Gasteiger partial charge in [0.2, 0.25) is 11.7 Å². The normalized spacial score (nSPS) is 18.0. The zero-order valence-corrected chi connectivity index (χ0v) is 13.6. The minimum Gasteiger partial charge on any atom is -0.438 e. The third-order valence-corrected chi connectivity index (χ3v) is 4.46. The second kappa shape index (κ2) is 6.35. The van der Waals surface area contributed by atoms with Gasteiger partial charge < -0.3 is 18.6 Å². The lowest BCUT2D eigenvalue weighted by Gasteiger charge is -2.36. The maximum absolute atomic E-state index is 12.2. The van der Waals surface area contributed by atoms with Crippen LogP contribution in [0.2, 0.25) is 0 Å². The van der Waals surface area contributed by atoms with Gasteiger partial charge in [-0.15, -0.1) is 0 Å². The van der Waals surface area contributed by atoms with Crippen LogP contribution in [0.3, 0.4) is 0 Å². The molecule has 128 valence electrons. The summed E-state index contributed by atoms with van der Waals surface area (Å²) < 4.78 is 16.0. The molecule has 2 aromatic heterocycles. The minimum absolute atomic E-state index is 0.0887. The molecule has 3 heterocycles. The average molecular weight is 332 g/mol. The van der Waals surface area contributed by atoms with Gasteiger partial charge >= 0.3 is 0 Å². The van der Waals surface area contributed by atoms with Crippen molar-refractivity contribution in [1.29, 1.82) is 0 Å². The molecule has 1 amide bonds. The molecule has 4 rings (SSSR count). The van der Waals surface area contributed by atoms with E-state index in [1.807, 2.05) is 0 Å². The van der Waals surface area contributed by atoms with Crippen LogP contribution in [0.15, 0.2) is 15.3 Å². The zero-order chi connectivity index (χ0) is 16.5. The van der Waals surface area contributed by atoms with Crippen LogP contribution in [0.4, 0.5) is 0 Å². The van der Waals surface area contributed by atoms with E-state index in [1.54, 1.807) is 11.8 Å². The van der Waals surface area contributed by atoms with Crippen LogP contribution in [0.25, 0.3) is 0 Å². The fraction of sp³-hybridized carbons (Fsp3) is 0.625. The number of aryl methyl sites for hydroxylation is 1. The van der Waals surface area contributed by atoms with Crippen molar-refractivity contribution in [1.82, 2.24) is 20.0 Å². The highest BCUT2D eigenvalue weighted by molar-refractivity contribution is 5.93. The predicted molar refractivity (Wildman–Crippen MR) is 81.4 cm³/mol. The highest BCUT2D eigenvalue weighted by Gasteiger charge is 2.37. The van der Waals surface area contributed by atoms with Crippen LogP contribution in [-0.4, -0.2) is 52.2 Å². The van der Waals surface area contributed by atoms with Gasteiger partial charge in [-0.05, 0) is 25.7 Å². The monoisotopic (exact) mass is 332 g/mol. The van der Waals surface area contributed by atoms with Crippen molar-refractivity contribution in [3.8, 4) is 0 Å². The van der Waals surface area contributed by atoms with Crippen molar-refractivity contribution in [2.45, 2.75) is 32.1 Å². The predicted octanol–water partition coefficient (Wildman–Crippen LogP) is 1.57. The Kier molecular flexibility index (Phi) is 4.05. The first kappa shape index (κ1) is 15.3. The third kappa shape index (κ3) is 3.19. The zero-order valence-electron chi connectivity index (χ0n) is 13.6. The summed E-state index contributed by atoms with van der Waals surface area (Å²) in [5.74, 6) is 2.26. The molecular formula is C16H20N4O4. The van der Waals surface area contributed by atoms with Crippen molar-refractivity contribution in [3.05, 3.63) is 29.6 Å². The van der Waals surface area contributed by atoms with E-state index in [0.717, 1.165) is 12.5 Å². The smallest absolute Gasteiger partial charge is 0.291 e. The summed E-state index contributed by atoms with van der Waals surface area (Å²) in [7, 11) is 0. The summed E-state index contributed by atoms with van der Waals surface area (Å²) in [4.78, 5) is 22.3. The number of aromatic nitrogens is 3. The van der Waals surface area contributed by atoms with E-state index in [2.05, 4.69) is 15.1 Å². The molecule has 0 N–H and O–H groups in total. The van der Waals surface area contributed by atoms with Crippen molar-refractivity contribution in [2.75, 3.05) is 26.3 Å². The molecule has 2 aromatic rings. The molecular weight excluding hydrogens is 312 g/mol. The van der Waals surface area contributed by atoms with E-state index in [0.29, 0.717) is 49.3 Å². The molecule has 1 aliphatic carbocycles. The van der Waals surface area contributed by atoms with Gasteiger partial charge in [-0.1, -0.05) is 5.16 Å². The van der Waals surface area contributed by atoms with Crippen molar-refractivity contribution in [2.24, 2.45) is 5.92 Å². The number of carbonyl (C=O) groups is 1. The Morgan fingerprint density at radius 2 is 2.25 bits per heavy atom. The van der Waals surface area contributed by atoms with Crippen LogP contribution >= 0.6 is 0 Å². The maximum atomic E-state index is 12.2. The molecule has 0 atom stereocenters. The lowest BCUT2D eigenvalue weighted by molar-refractivity contribution is 0.0536. The van der Waals surface area contributed by atoms with Gasteiger partial charge in [0, 0.05) is 26.1 Å². The maximum Gasteiger partial charge on any atom is 0.291 e. The molecule has 2 aliphatic rings. The summed E-state index contributed by atoms with van der Waals surface area (Å²) in [6.07, 6.45) is 4.52. The highest BCUT2D eigenvalue weighted by Crippen LogP contribution is 2.29. The molecule has 8 nitrogen and oxygen atoms in total. The average Bonchev–Trinajstić information content (AvgIpc) is 3.06. The Labute approximate surface area is 139 Å². The number of nitrogens with zero attached hydrogens (tertiary/aromatic N) is 4. The summed E-state index contributed by atoms with van der Waals surface area (Å²) in [5, 5.41) is 3.99. The first-order chi connectivity index (χ1) is 11.7. The molecule has 0 radical (unpaired) electrons. The lowest BCUT2D eigenvalue weighted by Crippen LogP contribution is -2.48. The molecule has 0 bridgehead atoms. The van der Waals surface area contributed by atoms with Gasteiger partial charge in [-0.3, -0.25) is 4.79 Å². The summed E-state index contributed by atoms with van der Waals surface area (Å²) in [6, 6.07) is 0. The topological polar surface area (TPSA) is 94.5 Å². The molecule has 24 heavy (non-hydrogen) atoms. The molecule has 0 spiro atoms. The van der Waals surface area contributed by atoms with Crippen molar-refractivity contribution < 1.29 is 18.5 Å². The van der Waals surface area contributed by atoms with Gasteiger partial charge in [0.1, 0.15) is 0 Å². The standard InChI is InChI=1S/C16H20N4O4/c1-10-14(23-9-17-10)16(21)20-6-12(7-20)15-18-13(19-24-15)4-5-22-8-11-2-3-11/h9,11-12H,2-8H2,1H3. The molecule has 0 unspecified atom stereocenters. The van der Waals surface area contributed by atoms with Gasteiger partial charge in [-0.2, -0.15) is 4.98 Å². The van der Waals surface area contributed by atoms with E-state index in [4.69, 9.17) is 13.7 Å². The van der Waals surface area contributed by atoms with Gasteiger partial charge in [0.05, 0.1) is 18.2 Å². The minimum atomic E-state index is -0.144. The summed E-state index contributed by atoms with van der Waals surface area (Å²) in [6.45, 7) is 4.32. The van der Waals surface area contributed by atoms with Gasteiger partial charge in [0.15, 0.2) is 12.2 Å². The molecule has 8 heteroatoms. The molecule has 2 fully saturated rings. The molecule has 1 aliphatic heterocycles. The van der Waals surface area contributed by atoms with Crippen LogP contribution in [-0.2, 0) is 11.2 Å². The lowest BCUT2D eigenvalue weighted by atomic mass is 9.99. The quantitative estimate of drug-likeness (QED) is 0.710. The van der Waals surface area contributed by atoms with Crippen LogP contribution in [0, 0.1) is 12.8 Å². The van der Waals surface area contributed by atoms with E-state index in [9.17, 15) is 4.79 Å². The highest BCUT2D eigenvalue weighted by atomic mass is 16.5. The first-order valence-corrected chi connectivity index (χ1v) is 8.30. The largest absolute Gasteiger partial charge is 0.438 e. The van der Waals surface area contributed by atoms with Gasteiger partial charge in [0.25, 0.3) is 5.91 Å². The number of amides is 1. The molecule has 1 saturated heterocycles. The number of hydrogen-bond donors (Lipinski definition) is 0. The number of carbonyl (C=O) groups excluding carboxylic acids is 1. The molecule has 0 aromatic carbocycles. The van der Waals surface area contributed by atoms with E-state index in [1.165, 1.54) is 19.2 Å². The molecule has 1 saturated carbocycles. The van der Waals surface area contributed by atoms with E-state index < -0.39 is 0 Å². The van der Waals surface area contributed by atoms with Crippen molar-refractivity contribution in [3.63, 3.8) is 0 Å². The Hall–Kier alpha value is -2.22. The SMILES string of the molecule is Cc1ncoc1C(=O)N1CC(c2nc(CCOCC3CC3)no2)C1. The number of oxazole rings is 1. The Bertz CT molecular complexity index is 715. The van der Waals surface area contributed by atoms with Crippen LogP contribution < -0.4 is 0 Å². The van der Waals surface area contributed by atoms with Crippen molar-refractivity contribution >= 4 is 5.91 Å². The fourth-order valence-electron chi connectivity index (χ4n) is 2.68. The second-order valence-corrected chi connectivity index (χ2v) is 6.49. The van der Waals surface area contributed by atoms with E-state index in [-0.39, 0.29) is 11.8 Å². The number of ether oxygens (including phenoxy) is 1. The number of likely N-dealkylation sites (tertiary alicyclic amines) is 1. The van der Waals surface area contributed by atoms with Gasteiger partial charge in [-0.25, -0.2) is 4.98 Å².